The van der Waals surface area contributed by atoms with Gasteiger partial charge in [0.25, 0.3) is 0 Å². The molecule has 1 aromatic heterocycles. The molecule has 0 aliphatic heterocycles. The first-order chi connectivity index (χ1) is 5.95. The van der Waals surface area contributed by atoms with E-state index in [1.165, 1.54) is 13.3 Å². The highest BCUT2D eigenvalue weighted by molar-refractivity contribution is 7.90. The maximum Gasteiger partial charge on any atom is 0.235 e. The standard InChI is InChI=1S/C7H10N2O3S/c1-5-8-4-6(13(3,10)11)7(9-5)12-2/h4H,1-3H3. The van der Waals surface area contributed by atoms with Gasteiger partial charge in [0.1, 0.15) is 10.7 Å². The molecule has 0 amide bonds. The van der Waals surface area contributed by atoms with Crippen molar-refractivity contribution in [3.05, 3.63) is 12.0 Å². The van der Waals surface area contributed by atoms with Crippen LogP contribution in [0.4, 0.5) is 0 Å². The van der Waals surface area contributed by atoms with Crippen molar-refractivity contribution in [2.45, 2.75) is 11.8 Å². The van der Waals surface area contributed by atoms with Gasteiger partial charge in [-0.2, -0.15) is 4.98 Å². The Kier molecular flexibility index (Phi) is 2.51. The molecule has 0 fully saturated rings. The van der Waals surface area contributed by atoms with Gasteiger partial charge in [-0.3, -0.25) is 0 Å². The molecule has 13 heavy (non-hydrogen) atoms. The summed E-state index contributed by atoms with van der Waals surface area (Å²) < 4.78 is 27.2. The Labute approximate surface area is 76.7 Å². The third-order valence-electron chi connectivity index (χ3n) is 1.44. The van der Waals surface area contributed by atoms with Crippen LogP contribution >= 0.6 is 0 Å². The molecule has 0 N–H and O–H groups in total. The summed E-state index contributed by atoms with van der Waals surface area (Å²) in [7, 11) is -1.94. The van der Waals surface area contributed by atoms with Gasteiger partial charge in [0.15, 0.2) is 9.84 Å². The number of aromatic nitrogens is 2. The van der Waals surface area contributed by atoms with E-state index in [4.69, 9.17) is 4.74 Å². The summed E-state index contributed by atoms with van der Waals surface area (Å²) in [5.41, 5.74) is 0. The van der Waals surface area contributed by atoms with Gasteiger partial charge in [-0.25, -0.2) is 13.4 Å². The lowest BCUT2D eigenvalue weighted by Crippen LogP contribution is -2.04. The summed E-state index contributed by atoms with van der Waals surface area (Å²) in [5, 5.41) is 0. The Bertz CT molecular complexity index is 414. The average Bonchev–Trinajstić information content (AvgIpc) is 2.01. The Morgan fingerprint density at radius 1 is 1.46 bits per heavy atom. The van der Waals surface area contributed by atoms with Gasteiger partial charge in [-0.05, 0) is 6.92 Å². The Morgan fingerprint density at radius 3 is 2.54 bits per heavy atom. The largest absolute Gasteiger partial charge is 0.480 e. The van der Waals surface area contributed by atoms with E-state index in [2.05, 4.69) is 9.97 Å². The van der Waals surface area contributed by atoms with Gasteiger partial charge in [0, 0.05) is 6.26 Å². The van der Waals surface area contributed by atoms with Crippen molar-refractivity contribution in [2.24, 2.45) is 0 Å². The second kappa shape index (κ2) is 3.29. The van der Waals surface area contributed by atoms with Gasteiger partial charge < -0.3 is 4.74 Å². The highest BCUT2D eigenvalue weighted by Crippen LogP contribution is 2.19. The predicted molar refractivity (Wildman–Crippen MR) is 46.4 cm³/mol. The van der Waals surface area contributed by atoms with Crippen molar-refractivity contribution in [3.8, 4) is 5.88 Å². The zero-order valence-electron chi connectivity index (χ0n) is 7.60. The number of aryl methyl sites for hydroxylation is 1. The Morgan fingerprint density at radius 2 is 2.08 bits per heavy atom. The first-order valence-electron chi connectivity index (χ1n) is 3.53. The van der Waals surface area contributed by atoms with Crippen molar-refractivity contribution >= 4 is 9.84 Å². The van der Waals surface area contributed by atoms with Gasteiger partial charge >= 0.3 is 0 Å². The van der Waals surface area contributed by atoms with Gasteiger partial charge in [-0.15, -0.1) is 0 Å². The van der Waals surface area contributed by atoms with E-state index in [1.807, 2.05) is 0 Å². The van der Waals surface area contributed by atoms with Crippen molar-refractivity contribution in [1.82, 2.24) is 9.97 Å². The average molecular weight is 202 g/mol. The molecule has 1 rings (SSSR count). The first kappa shape index (κ1) is 9.91. The van der Waals surface area contributed by atoms with E-state index in [0.29, 0.717) is 5.82 Å². The normalized spacial score (nSPS) is 11.3. The van der Waals surface area contributed by atoms with Crippen molar-refractivity contribution in [1.29, 1.82) is 0 Å². The molecule has 0 atom stereocenters. The summed E-state index contributed by atoms with van der Waals surface area (Å²) in [5.74, 6) is 0.569. The minimum absolute atomic E-state index is 0.0144. The van der Waals surface area contributed by atoms with Crippen LogP contribution in [0.1, 0.15) is 5.82 Å². The topological polar surface area (TPSA) is 69.2 Å². The zero-order valence-corrected chi connectivity index (χ0v) is 8.42. The second-order valence-corrected chi connectivity index (χ2v) is 4.55. The Balaban J connectivity index is 3.39. The van der Waals surface area contributed by atoms with Crippen LogP contribution in [-0.4, -0.2) is 31.8 Å². The van der Waals surface area contributed by atoms with Gasteiger partial charge in [0.2, 0.25) is 5.88 Å². The van der Waals surface area contributed by atoms with Crippen molar-refractivity contribution < 1.29 is 13.2 Å². The van der Waals surface area contributed by atoms with Crippen LogP contribution in [0.25, 0.3) is 0 Å². The van der Waals surface area contributed by atoms with Crippen molar-refractivity contribution in [2.75, 3.05) is 13.4 Å². The molecule has 5 nitrogen and oxygen atoms in total. The lowest BCUT2D eigenvalue weighted by molar-refractivity contribution is 0.382. The highest BCUT2D eigenvalue weighted by Gasteiger charge is 2.15. The van der Waals surface area contributed by atoms with Crippen LogP contribution in [0, 0.1) is 6.92 Å². The molecule has 0 unspecified atom stereocenters. The van der Waals surface area contributed by atoms with Crippen LogP contribution in [-0.2, 0) is 9.84 Å². The summed E-state index contributed by atoms with van der Waals surface area (Å²) in [6, 6.07) is 0. The molecule has 0 spiro atoms. The summed E-state index contributed by atoms with van der Waals surface area (Å²) in [6.07, 6.45) is 2.33. The molecule has 0 aliphatic rings. The molecule has 0 saturated heterocycles. The maximum atomic E-state index is 11.2. The quantitative estimate of drug-likeness (QED) is 0.685. The minimum atomic E-state index is -3.31. The van der Waals surface area contributed by atoms with Crippen LogP contribution < -0.4 is 4.74 Å². The van der Waals surface area contributed by atoms with E-state index >= 15 is 0 Å². The molecule has 0 aliphatic carbocycles. The molecular formula is C7H10N2O3S. The Hall–Kier alpha value is -1.17. The zero-order chi connectivity index (χ0) is 10.1. The number of hydrogen-bond acceptors (Lipinski definition) is 5. The molecule has 0 saturated carbocycles. The van der Waals surface area contributed by atoms with Gasteiger partial charge in [0.05, 0.1) is 13.3 Å². The number of hydrogen-bond donors (Lipinski definition) is 0. The minimum Gasteiger partial charge on any atom is -0.480 e. The van der Waals surface area contributed by atoms with Gasteiger partial charge in [-0.1, -0.05) is 0 Å². The number of methoxy groups -OCH3 is 1. The molecule has 0 bridgehead atoms. The fourth-order valence-corrected chi connectivity index (χ4v) is 1.53. The fourth-order valence-electron chi connectivity index (χ4n) is 0.839. The molecule has 1 aromatic rings. The number of rotatable bonds is 2. The molecular weight excluding hydrogens is 192 g/mol. The summed E-state index contributed by atoms with van der Waals surface area (Å²) in [4.78, 5) is 7.64. The van der Waals surface area contributed by atoms with E-state index in [9.17, 15) is 8.42 Å². The molecule has 0 aromatic carbocycles. The molecule has 0 radical (unpaired) electrons. The smallest absolute Gasteiger partial charge is 0.235 e. The lowest BCUT2D eigenvalue weighted by atomic mass is 10.6. The fraction of sp³-hybridized carbons (Fsp3) is 0.429. The SMILES string of the molecule is COc1nc(C)ncc1S(C)(=O)=O. The maximum absolute atomic E-state index is 11.2. The van der Waals surface area contributed by atoms with E-state index in [-0.39, 0.29) is 10.8 Å². The van der Waals surface area contributed by atoms with Crippen LogP contribution in [0.3, 0.4) is 0 Å². The predicted octanol–water partition coefficient (Wildman–Crippen LogP) is 0.197. The van der Waals surface area contributed by atoms with Crippen molar-refractivity contribution in [3.63, 3.8) is 0 Å². The van der Waals surface area contributed by atoms with Crippen LogP contribution in [0.2, 0.25) is 0 Å². The third-order valence-corrected chi connectivity index (χ3v) is 2.51. The first-order valence-corrected chi connectivity index (χ1v) is 5.42. The summed E-state index contributed by atoms with van der Waals surface area (Å²) >= 11 is 0. The number of sulfone groups is 1. The molecule has 1 heterocycles. The van der Waals surface area contributed by atoms with Crippen LogP contribution in [0.15, 0.2) is 11.1 Å². The van der Waals surface area contributed by atoms with E-state index in [0.717, 1.165) is 6.26 Å². The number of nitrogens with zero attached hydrogens (tertiary/aromatic N) is 2. The molecule has 6 heteroatoms. The summed E-state index contributed by atoms with van der Waals surface area (Å²) in [6.45, 7) is 1.66. The highest BCUT2D eigenvalue weighted by atomic mass is 32.2. The third kappa shape index (κ3) is 2.15. The van der Waals surface area contributed by atoms with E-state index in [1.54, 1.807) is 6.92 Å². The lowest BCUT2D eigenvalue weighted by Gasteiger charge is -2.04. The number of ether oxygens (including phenoxy) is 1. The monoisotopic (exact) mass is 202 g/mol. The molecule has 72 valence electrons. The van der Waals surface area contributed by atoms with E-state index < -0.39 is 9.84 Å². The second-order valence-electron chi connectivity index (χ2n) is 2.56. The van der Waals surface area contributed by atoms with Crippen LogP contribution in [0.5, 0.6) is 5.88 Å².